The van der Waals surface area contributed by atoms with E-state index in [0.717, 1.165) is 10.0 Å². The average molecular weight is 577 g/mol. The third-order valence-corrected chi connectivity index (χ3v) is 6.12. The zero-order valence-corrected chi connectivity index (χ0v) is 23.0. The predicted molar refractivity (Wildman–Crippen MR) is 141 cm³/mol. The molecule has 0 saturated carbocycles. The van der Waals surface area contributed by atoms with Gasteiger partial charge in [0.25, 0.3) is 11.8 Å². The van der Waals surface area contributed by atoms with E-state index in [1.807, 2.05) is 58.9 Å². The van der Waals surface area contributed by atoms with Crippen molar-refractivity contribution < 1.29 is 9.21 Å². The van der Waals surface area contributed by atoms with E-state index in [-0.39, 0.29) is 28.9 Å². The standard InChI is InChI=1S/C25H24BrCl2N5O2/c1-13(2)29-22(34)19-20(23-30-31-24(35-23)25(3,4)5)32-33(18-11-10-16(27)12-17(18)28)21(19)14-6-8-15(26)9-7-14/h6-13H,1-5H3,(H,29,34). The Hall–Kier alpha value is -2.68. The van der Waals surface area contributed by atoms with Crippen molar-refractivity contribution in [2.75, 3.05) is 0 Å². The van der Waals surface area contributed by atoms with E-state index < -0.39 is 0 Å². The lowest BCUT2D eigenvalue weighted by molar-refractivity contribution is 0.0944. The Morgan fingerprint density at radius 3 is 2.34 bits per heavy atom. The van der Waals surface area contributed by atoms with E-state index in [1.165, 1.54) is 0 Å². The molecule has 1 N–H and O–H groups in total. The number of aromatic nitrogens is 4. The van der Waals surface area contributed by atoms with Gasteiger partial charge in [-0.15, -0.1) is 10.2 Å². The van der Waals surface area contributed by atoms with Crippen LogP contribution in [0.1, 0.15) is 50.9 Å². The Morgan fingerprint density at radius 2 is 1.77 bits per heavy atom. The quantitative estimate of drug-likeness (QED) is 0.274. The van der Waals surface area contributed by atoms with Crippen LogP contribution in [0, 0.1) is 0 Å². The molecule has 0 radical (unpaired) electrons. The van der Waals surface area contributed by atoms with Gasteiger partial charge >= 0.3 is 0 Å². The highest BCUT2D eigenvalue weighted by Crippen LogP contribution is 2.37. The van der Waals surface area contributed by atoms with Gasteiger partial charge in [-0.05, 0) is 44.2 Å². The van der Waals surface area contributed by atoms with Gasteiger partial charge in [0, 0.05) is 26.5 Å². The minimum atomic E-state index is -0.373. The summed E-state index contributed by atoms with van der Waals surface area (Å²) in [5, 5.41) is 17.1. The van der Waals surface area contributed by atoms with E-state index in [4.69, 9.17) is 32.7 Å². The molecule has 182 valence electrons. The van der Waals surface area contributed by atoms with Gasteiger partial charge in [-0.1, -0.05) is 72.0 Å². The highest BCUT2D eigenvalue weighted by Gasteiger charge is 2.32. The SMILES string of the molecule is CC(C)NC(=O)c1c(-c2nnc(C(C)(C)C)o2)nn(-c2ccc(Cl)cc2Cl)c1-c1ccc(Br)cc1. The van der Waals surface area contributed by atoms with E-state index in [1.54, 1.807) is 22.9 Å². The number of nitrogens with one attached hydrogen (secondary N) is 1. The number of carbonyl (C=O) groups excluding carboxylic acids is 1. The maximum atomic E-state index is 13.6. The van der Waals surface area contributed by atoms with Gasteiger partial charge in [0.1, 0.15) is 0 Å². The van der Waals surface area contributed by atoms with Crippen molar-refractivity contribution in [2.24, 2.45) is 0 Å². The number of halogens is 3. The molecule has 1 amide bonds. The first kappa shape index (κ1) is 25.4. The lowest BCUT2D eigenvalue weighted by Gasteiger charge is -2.13. The normalized spacial score (nSPS) is 11.8. The first-order chi connectivity index (χ1) is 16.5. The lowest BCUT2D eigenvalue weighted by atomic mass is 9.97. The summed E-state index contributed by atoms with van der Waals surface area (Å²) in [4.78, 5) is 13.6. The van der Waals surface area contributed by atoms with Gasteiger partial charge in [0.2, 0.25) is 5.89 Å². The first-order valence-corrected chi connectivity index (χ1v) is 12.5. The van der Waals surface area contributed by atoms with Crippen LogP contribution in [0.3, 0.4) is 0 Å². The fraction of sp³-hybridized carbons (Fsp3) is 0.280. The maximum absolute atomic E-state index is 13.6. The number of carbonyl (C=O) groups is 1. The Kier molecular flexibility index (Phi) is 7.09. The summed E-state index contributed by atoms with van der Waals surface area (Å²) in [5.74, 6) is 0.262. The monoisotopic (exact) mass is 575 g/mol. The second-order valence-corrected chi connectivity index (χ2v) is 11.1. The van der Waals surface area contributed by atoms with Crippen molar-refractivity contribution in [2.45, 2.75) is 46.1 Å². The van der Waals surface area contributed by atoms with Crippen LogP contribution in [-0.4, -0.2) is 31.9 Å². The topological polar surface area (TPSA) is 85.8 Å². The summed E-state index contributed by atoms with van der Waals surface area (Å²) >= 11 is 16.2. The predicted octanol–water partition coefficient (Wildman–Crippen LogP) is 7.09. The molecule has 0 aliphatic rings. The zero-order valence-electron chi connectivity index (χ0n) is 19.9. The van der Waals surface area contributed by atoms with Gasteiger partial charge in [-0.25, -0.2) is 4.68 Å². The van der Waals surface area contributed by atoms with Crippen LogP contribution in [0.4, 0.5) is 0 Å². The van der Waals surface area contributed by atoms with Crippen LogP contribution in [0.5, 0.6) is 0 Å². The maximum Gasteiger partial charge on any atom is 0.269 e. The van der Waals surface area contributed by atoms with Crippen LogP contribution in [0.2, 0.25) is 10.0 Å². The van der Waals surface area contributed by atoms with Crippen molar-refractivity contribution in [3.8, 4) is 28.5 Å². The smallest absolute Gasteiger partial charge is 0.269 e. The molecular weight excluding hydrogens is 553 g/mol. The third-order valence-electron chi connectivity index (χ3n) is 5.06. The van der Waals surface area contributed by atoms with Crippen molar-refractivity contribution in [1.29, 1.82) is 0 Å². The molecule has 0 spiro atoms. The summed E-state index contributed by atoms with van der Waals surface area (Å²) in [5.41, 5.74) is 2.02. The van der Waals surface area contributed by atoms with Crippen LogP contribution in [0.15, 0.2) is 51.4 Å². The molecule has 4 rings (SSSR count). The minimum Gasteiger partial charge on any atom is -0.419 e. The Morgan fingerprint density at radius 1 is 1.09 bits per heavy atom. The number of hydrogen-bond acceptors (Lipinski definition) is 5. The second kappa shape index (κ2) is 9.76. The number of rotatable bonds is 5. The first-order valence-electron chi connectivity index (χ1n) is 11.0. The summed E-state index contributed by atoms with van der Waals surface area (Å²) in [6, 6.07) is 12.6. The summed E-state index contributed by atoms with van der Waals surface area (Å²) < 4.78 is 8.52. The second-order valence-electron chi connectivity index (χ2n) is 9.38. The third kappa shape index (κ3) is 5.29. The fourth-order valence-corrected chi connectivity index (χ4v) is 4.19. The van der Waals surface area contributed by atoms with Crippen molar-refractivity contribution in [3.05, 3.63) is 68.4 Å². The van der Waals surface area contributed by atoms with E-state index in [2.05, 4.69) is 31.4 Å². The van der Waals surface area contributed by atoms with E-state index in [0.29, 0.717) is 32.9 Å². The summed E-state index contributed by atoms with van der Waals surface area (Å²) in [7, 11) is 0. The molecule has 0 bridgehead atoms. The van der Waals surface area contributed by atoms with E-state index >= 15 is 0 Å². The molecule has 0 unspecified atom stereocenters. The molecular formula is C25H24BrCl2N5O2. The summed E-state index contributed by atoms with van der Waals surface area (Å²) in [6.07, 6.45) is 0. The van der Waals surface area contributed by atoms with Crippen LogP contribution in [-0.2, 0) is 5.41 Å². The van der Waals surface area contributed by atoms with Gasteiger partial charge in [0.15, 0.2) is 5.69 Å². The molecule has 0 fully saturated rings. The lowest BCUT2D eigenvalue weighted by Crippen LogP contribution is -2.30. The molecule has 35 heavy (non-hydrogen) atoms. The summed E-state index contributed by atoms with van der Waals surface area (Å²) in [6.45, 7) is 9.69. The Balaban J connectivity index is 2.06. The molecule has 0 aliphatic heterocycles. The van der Waals surface area contributed by atoms with Gasteiger partial charge < -0.3 is 9.73 Å². The molecule has 2 aromatic carbocycles. The fourth-order valence-electron chi connectivity index (χ4n) is 3.44. The van der Waals surface area contributed by atoms with Gasteiger partial charge in [-0.3, -0.25) is 4.79 Å². The molecule has 4 aromatic rings. The van der Waals surface area contributed by atoms with Crippen LogP contribution >= 0.6 is 39.1 Å². The van der Waals surface area contributed by atoms with Crippen molar-refractivity contribution in [3.63, 3.8) is 0 Å². The largest absolute Gasteiger partial charge is 0.419 e. The number of nitrogens with zero attached hydrogens (tertiary/aromatic N) is 4. The average Bonchev–Trinajstić information content (AvgIpc) is 3.39. The molecule has 0 aliphatic carbocycles. The van der Waals surface area contributed by atoms with Gasteiger partial charge in [0.05, 0.1) is 22.0 Å². The van der Waals surface area contributed by atoms with Crippen LogP contribution < -0.4 is 5.32 Å². The Labute approximate surface area is 222 Å². The zero-order chi connectivity index (χ0) is 25.5. The molecule has 0 saturated heterocycles. The minimum absolute atomic E-state index is 0.108. The highest BCUT2D eigenvalue weighted by atomic mass is 79.9. The van der Waals surface area contributed by atoms with Crippen molar-refractivity contribution >= 4 is 45.0 Å². The van der Waals surface area contributed by atoms with Crippen LogP contribution in [0.25, 0.3) is 28.5 Å². The molecule has 7 nitrogen and oxygen atoms in total. The van der Waals surface area contributed by atoms with Gasteiger partial charge in [-0.2, -0.15) is 5.10 Å². The Bertz CT molecular complexity index is 1390. The number of amides is 1. The van der Waals surface area contributed by atoms with E-state index in [9.17, 15) is 4.79 Å². The molecule has 0 atom stereocenters. The highest BCUT2D eigenvalue weighted by molar-refractivity contribution is 9.10. The van der Waals surface area contributed by atoms with Crippen molar-refractivity contribution in [1.82, 2.24) is 25.3 Å². The number of benzene rings is 2. The molecule has 10 heteroatoms. The number of hydrogen-bond donors (Lipinski definition) is 1. The molecule has 2 aromatic heterocycles. The molecule has 2 heterocycles.